The average Bonchev–Trinajstić information content (AvgIpc) is 2.63. The van der Waals surface area contributed by atoms with Gasteiger partial charge in [0.05, 0.1) is 13.2 Å². The van der Waals surface area contributed by atoms with Gasteiger partial charge in [0.15, 0.2) is 0 Å². The molecule has 0 spiro atoms. The fourth-order valence-electron chi connectivity index (χ4n) is 1.21. The van der Waals surface area contributed by atoms with Gasteiger partial charge in [0.25, 0.3) is 0 Å². The first kappa shape index (κ1) is 10.2. The number of methoxy groups -OCH3 is 1. The van der Waals surface area contributed by atoms with Gasteiger partial charge >= 0.3 is 0 Å². The van der Waals surface area contributed by atoms with Crippen LogP contribution in [-0.2, 0) is 9.47 Å². The summed E-state index contributed by atoms with van der Waals surface area (Å²) in [5.41, 5.74) is 7.33. The summed E-state index contributed by atoms with van der Waals surface area (Å²) >= 11 is 0. The van der Waals surface area contributed by atoms with Crippen molar-refractivity contribution in [2.75, 3.05) is 26.9 Å². The topological polar surface area (TPSA) is 94.9 Å². The van der Waals surface area contributed by atoms with Gasteiger partial charge in [-0.2, -0.15) is 0 Å². The molecule has 0 aromatic heterocycles. The fraction of sp³-hybridized carbons (Fsp3) is 0.857. The van der Waals surface area contributed by atoms with E-state index in [0.717, 1.165) is 6.42 Å². The Bertz CT molecular complexity index is 189. The van der Waals surface area contributed by atoms with Gasteiger partial charge in [-0.15, -0.1) is 0 Å². The van der Waals surface area contributed by atoms with E-state index in [4.69, 9.17) is 21.1 Å². The second-order valence-electron chi connectivity index (χ2n) is 3.04. The van der Waals surface area contributed by atoms with E-state index in [1.165, 1.54) is 0 Å². The summed E-state index contributed by atoms with van der Waals surface area (Å²) in [6, 6.07) is 0. The van der Waals surface area contributed by atoms with Crippen molar-refractivity contribution in [3.63, 3.8) is 0 Å². The quantitative estimate of drug-likeness (QED) is 0.218. The Morgan fingerprint density at radius 3 is 3.00 bits per heavy atom. The molecule has 0 bridgehead atoms. The lowest BCUT2D eigenvalue weighted by Gasteiger charge is -2.23. The number of aliphatic imine (C=N–C) groups is 1. The number of nitrogens with one attached hydrogen (secondary N) is 1. The lowest BCUT2D eigenvalue weighted by atomic mass is 10.0. The standard InChI is InChI=1S/C7H16N4O2/c1-12-7(2-3-13-5-7)4-10-6(8)11-9/h2-5,9H2,1H3,(H3,8,10,11). The second-order valence-corrected chi connectivity index (χ2v) is 3.04. The number of nitrogens with two attached hydrogens (primary N) is 2. The Hall–Kier alpha value is -0.850. The van der Waals surface area contributed by atoms with Crippen molar-refractivity contribution in [3.8, 4) is 0 Å². The Morgan fingerprint density at radius 1 is 1.77 bits per heavy atom. The summed E-state index contributed by atoms with van der Waals surface area (Å²) in [5, 5.41) is 0. The van der Waals surface area contributed by atoms with Crippen molar-refractivity contribution in [2.24, 2.45) is 16.6 Å². The Balaban J connectivity index is 2.48. The molecule has 1 fully saturated rings. The molecule has 13 heavy (non-hydrogen) atoms. The zero-order valence-electron chi connectivity index (χ0n) is 7.75. The minimum absolute atomic E-state index is 0.211. The molecule has 1 saturated heterocycles. The molecule has 1 heterocycles. The summed E-state index contributed by atoms with van der Waals surface area (Å²) in [4.78, 5) is 4.02. The van der Waals surface area contributed by atoms with Crippen molar-refractivity contribution in [3.05, 3.63) is 0 Å². The third-order valence-corrected chi connectivity index (χ3v) is 2.19. The predicted octanol–water partition coefficient (Wildman–Crippen LogP) is -1.43. The zero-order chi connectivity index (χ0) is 9.73. The van der Waals surface area contributed by atoms with Crippen LogP contribution in [0.1, 0.15) is 6.42 Å². The highest BCUT2D eigenvalue weighted by Gasteiger charge is 2.34. The highest BCUT2D eigenvalue weighted by atomic mass is 16.5. The molecule has 6 heteroatoms. The normalized spacial score (nSPS) is 29.2. The maximum atomic E-state index is 5.38. The molecule has 1 aliphatic rings. The highest BCUT2D eigenvalue weighted by Crippen LogP contribution is 2.22. The highest BCUT2D eigenvalue weighted by molar-refractivity contribution is 5.77. The maximum Gasteiger partial charge on any atom is 0.203 e. The Labute approximate surface area is 77.2 Å². The van der Waals surface area contributed by atoms with Crippen LogP contribution in [0.2, 0.25) is 0 Å². The summed E-state index contributed by atoms with van der Waals surface area (Å²) in [7, 11) is 1.65. The van der Waals surface area contributed by atoms with E-state index < -0.39 is 0 Å². The minimum atomic E-state index is -0.318. The Kier molecular flexibility index (Phi) is 3.47. The summed E-state index contributed by atoms with van der Waals surface area (Å²) in [6.45, 7) is 1.74. The first-order valence-electron chi connectivity index (χ1n) is 4.12. The lowest BCUT2D eigenvalue weighted by Crippen LogP contribution is -2.41. The average molecular weight is 188 g/mol. The SMILES string of the molecule is COC1(CN=C(N)NN)CCOC1. The minimum Gasteiger partial charge on any atom is -0.378 e. The van der Waals surface area contributed by atoms with Gasteiger partial charge in [-0.1, -0.05) is 0 Å². The van der Waals surface area contributed by atoms with Crippen molar-refractivity contribution in [1.29, 1.82) is 0 Å². The molecule has 76 valence electrons. The zero-order valence-corrected chi connectivity index (χ0v) is 7.75. The van der Waals surface area contributed by atoms with Crippen LogP contribution in [0.3, 0.4) is 0 Å². The van der Waals surface area contributed by atoms with Crippen LogP contribution in [-0.4, -0.2) is 38.4 Å². The van der Waals surface area contributed by atoms with E-state index in [1.54, 1.807) is 7.11 Å². The van der Waals surface area contributed by atoms with Crippen LogP contribution in [0.5, 0.6) is 0 Å². The summed E-state index contributed by atoms with van der Waals surface area (Å²) in [6.07, 6.45) is 0.838. The summed E-state index contributed by atoms with van der Waals surface area (Å²) in [5.74, 6) is 5.27. The van der Waals surface area contributed by atoms with Crippen LogP contribution in [0.4, 0.5) is 0 Å². The number of nitrogens with zero attached hydrogens (tertiary/aromatic N) is 1. The Morgan fingerprint density at radius 2 is 2.54 bits per heavy atom. The van der Waals surface area contributed by atoms with E-state index in [2.05, 4.69) is 10.4 Å². The molecule has 5 N–H and O–H groups in total. The molecular weight excluding hydrogens is 172 g/mol. The van der Waals surface area contributed by atoms with E-state index >= 15 is 0 Å². The third kappa shape index (κ3) is 2.55. The number of rotatable bonds is 3. The lowest BCUT2D eigenvalue weighted by molar-refractivity contribution is -0.00905. The van der Waals surface area contributed by atoms with Crippen molar-refractivity contribution in [1.82, 2.24) is 5.43 Å². The fourth-order valence-corrected chi connectivity index (χ4v) is 1.21. The van der Waals surface area contributed by atoms with Crippen molar-refractivity contribution in [2.45, 2.75) is 12.0 Å². The molecule has 0 amide bonds. The van der Waals surface area contributed by atoms with Crippen LogP contribution < -0.4 is 17.0 Å². The predicted molar refractivity (Wildman–Crippen MR) is 49.0 cm³/mol. The molecule has 1 atom stereocenters. The molecule has 6 nitrogen and oxygen atoms in total. The van der Waals surface area contributed by atoms with Crippen molar-refractivity contribution < 1.29 is 9.47 Å². The first-order valence-corrected chi connectivity index (χ1v) is 4.12. The van der Waals surface area contributed by atoms with Gasteiger partial charge in [0.1, 0.15) is 5.60 Å². The molecule has 1 aliphatic heterocycles. The second kappa shape index (κ2) is 4.40. The van der Waals surface area contributed by atoms with Crippen LogP contribution >= 0.6 is 0 Å². The van der Waals surface area contributed by atoms with E-state index in [1.807, 2.05) is 0 Å². The van der Waals surface area contributed by atoms with Crippen LogP contribution in [0.15, 0.2) is 4.99 Å². The molecule has 1 rings (SSSR count). The molecular formula is C7H16N4O2. The number of hydrogen-bond acceptors (Lipinski definition) is 4. The number of hydrogen-bond donors (Lipinski definition) is 3. The van der Waals surface area contributed by atoms with E-state index in [-0.39, 0.29) is 11.6 Å². The van der Waals surface area contributed by atoms with E-state index in [0.29, 0.717) is 19.8 Å². The van der Waals surface area contributed by atoms with Gasteiger partial charge in [0.2, 0.25) is 5.96 Å². The molecule has 1 unspecified atom stereocenters. The van der Waals surface area contributed by atoms with Gasteiger partial charge < -0.3 is 15.2 Å². The number of ether oxygens (including phenoxy) is 2. The number of guanidine groups is 1. The molecule has 0 aromatic carbocycles. The first-order chi connectivity index (χ1) is 6.22. The van der Waals surface area contributed by atoms with Gasteiger partial charge in [-0.3, -0.25) is 5.43 Å². The van der Waals surface area contributed by atoms with Crippen molar-refractivity contribution >= 4 is 5.96 Å². The molecule has 0 aliphatic carbocycles. The van der Waals surface area contributed by atoms with E-state index in [9.17, 15) is 0 Å². The molecule has 0 saturated carbocycles. The summed E-state index contributed by atoms with van der Waals surface area (Å²) < 4.78 is 10.6. The maximum absolute atomic E-state index is 5.38. The van der Waals surface area contributed by atoms with Crippen LogP contribution in [0.25, 0.3) is 0 Å². The monoisotopic (exact) mass is 188 g/mol. The van der Waals surface area contributed by atoms with Gasteiger partial charge in [-0.25, -0.2) is 10.8 Å². The van der Waals surface area contributed by atoms with Crippen LogP contribution in [0, 0.1) is 0 Å². The van der Waals surface area contributed by atoms with Gasteiger partial charge in [-0.05, 0) is 0 Å². The third-order valence-electron chi connectivity index (χ3n) is 2.19. The van der Waals surface area contributed by atoms with Gasteiger partial charge in [0, 0.05) is 20.1 Å². The largest absolute Gasteiger partial charge is 0.378 e. The molecule has 0 radical (unpaired) electrons. The smallest absolute Gasteiger partial charge is 0.203 e. The number of hydrazine groups is 1. The molecule has 0 aromatic rings.